The van der Waals surface area contributed by atoms with Crippen molar-refractivity contribution in [1.82, 2.24) is 10.3 Å². The van der Waals surface area contributed by atoms with Crippen LogP contribution in [0.2, 0.25) is 5.15 Å². The molecular weight excluding hydrogens is 188 g/mol. The minimum Gasteiger partial charge on any atom is -0.378 e. The Morgan fingerprint density at radius 1 is 1.62 bits per heavy atom. The van der Waals surface area contributed by atoms with Crippen LogP contribution in [0.15, 0.2) is 18.3 Å². The SMILES string of the molecule is Clc1ncccc1[C@H]1COCCN1. The number of hydrogen-bond acceptors (Lipinski definition) is 3. The van der Waals surface area contributed by atoms with E-state index in [1.807, 2.05) is 12.1 Å². The molecule has 1 saturated heterocycles. The van der Waals surface area contributed by atoms with Crippen LogP contribution in [0.3, 0.4) is 0 Å². The van der Waals surface area contributed by atoms with Crippen LogP contribution in [0.5, 0.6) is 0 Å². The van der Waals surface area contributed by atoms with Gasteiger partial charge in [-0.2, -0.15) is 0 Å². The summed E-state index contributed by atoms with van der Waals surface area (Å²) in [7, 11) is 0. The lowest BCUT2D eigenvalue weighted by molar-refractivity contribution is 0.0768. The minimum atomic E-state index is 0.190. The van der Waals surface area contributed by atoms with E-state index in [4.69, 9.17) is 16.3 Å². The summed E-state index contributed by atoms with van der Waals surface area (Å²) in [6, 6.07) is 4.05. The number of nitrogens with one attached hydrogen (secondary N) is 1. The maximum absolute atomic E-state index is 5.95. The fraction of sp³-hybridized carbons (Fsp3) is 0.444. The van der Waals surface area contributed by atoms with Gasteiger partial charge in [0.05, 0.1) is 19.3 Å². The molecule has 0 amide bonds. The molecule has 70 valence electrons. The van der Waals surface area contributed by atoms with Gasteiger partial charge in [0, 0.05) is 18.3 Å². The van der Waals surface area contributed by atoms with Crippen molar-refractivity contribution >= 4 is 11.6 Å². The van der Waals surface area contributed by atoms with E-state index in [0.29, 0.717) is 11.8 Å². The van der Waals surface area contributed by atoms with Crippen LogP contribution in [0.1, 0.15) is 11.6 Å². The molecule has 1 aliphatic rings. The van der Waals surface area contributed by atoms with Crippen molar-refractivity contribution < 1.29 is 4.74 Å². The molecule has 0 bridgehead atoms. The first-order valence-corrected chi connectivity index (χ1v) is 4.67. The van der Waals surface area contributed by atoms with Crippen molar-refractivity contribution in [3.8, 4) is 0 Å². The zero-order chi connectivity index (χ0) is 9.10. The summed E-state index contributed by atoms with van der Waals surface area (Å²) >= 11 is 5.95. The van der Waals surface area contributed by atoms with Crippen molar-refractivity contribution in [2.75, 3.05) is 19.8 Å². The fourth-order valence-corrected chi connectivity index (χ4v) is 1.67. The highest BCUT2D eigenvalue weighted by Gasteiger charge is 2.17. The van der Waals surface area contributed by atoms with Gasteiger partial charge in [0.15, 0.2) is 0 Å². The summed E-state index contributed by atoms with van der Waals surface area (Å²) < 4.78 is 5.34. The quantitative estimate of drug-likeness (QED) is 0.693. The van der Waals surface area contributed by atoms with Gasteiger partial charge in [-0.25, -0.2) is 4.98 Å². The Hall–Kier alpha value is -0.640. The summed E-state index contributed by atoms with van der Waals surface area (Å²) in [5.74, 6) is 0. The van der Waals surface area contributed by atoms with E-state index < -0.39 is 0 Å². The number of morpholine rings is 1. The largest absolute Gasteiger partial charge is 0.378 e. The molecule has 1 N–H and O–H groups in total. The molecule has 2 rings (SSSR count). The molecule has 1 aromatic rings. The van der Waals surface area contributed by atoms with Crippen LogP contribution >= 0.6 is 11.6 Å². The molecule has 0 aliphatic carbocycles. The highest BCUT2D eigenvalue weighted by atomic mass is 35.5. The molecule has 1 fully saturated rings. The summed E-state index contributed by atoms with van der Waals surface area (Å²) in [5.41, 5.74) is 1.02. The summed E-state index contributed by atoms with van der Waals surface area (Å²) in [6.07, 6.45) is 1.69. The van der Waals surface area contributed by atoms with Gasteiger partial charge < -0.3 is 10.1 Å². The highest BCUT2D eigenvalue weighted by Crippen LogP contribution is 2.21. The van der Waals surface area contributed by atoms with Gasteiger partial charge in [0.2, 0.25) is 0 Å². The molecule has 13 heavy (non-hydrogen) atoms. The molecule has 0 saturated carbocycles. The van der Waals surface area contributed by atoms with Crippen LogP contribution in [0.25, 0.3) is 0 Å². The molecule has 1 aliphatic heterocycles. The minimum absolute atomic E-state index is 0.190. The Bertz CT molecular complexity index is 287. The summed E-state index contributed by atoms with van der Waals surface area (Å²) in [5, 5.41) is 3.89. The van der Waals surface area contributed by atoms with Gasteiger partial charge in [0.1, 0.15) is 5.15 Å². The van der Waals surface area contributed by atoms with Crippen LogP contribution in [-0.2, 0) is 4.74 Å². The standard InChI is InChI=1S/C9H11ClN2O/c10-9-7(2-1-3-12-9)8-6-13-5-4-11-8/h1-3,8,11H,4-6H2/t8-/m1/s1. The molecule has 0 aromatic carbocycles. The van der Waals surface area contributed by atoms with Gasteiger partial charge in [0.25, 0.3) is 0 Å². The Morgan fingerprint density at radius 3 is 3.23 bits per heavy atom. The van der Waals surface area contributed by atoms with Crippen molar-refractivity contribution in [3.05, 3.63) is 29.0 Å². The molecule has 3 nitrogen and oxygen atoms in total. The first kappa shape index (κ1) is 8.94. The molecule has 0 radical (unpaired) electrons. The number of aromatic nitrogens is 1. The molecule has 0 spiro atoms. The second-order valence-corrected chi connectivity index (χ2v) is 3.32. The lowest BCUT2D eigenvalue weighted by Gasteiger charge is -2.24. The zero-order valence-electron chi connectivity index (χ0n) is 7.16. The fourth-order valence-electron chi connectivity index (χ4n) is 1.42. The Kier molecular flexibility index (Phi) is 2.78. The lowest BCUT2D eigenvalue weighted by Crippen LogP contribution is -2.34. The second kappa shape index (κ2) is 4.05. The third-order valence-electron chi connectivity index (χ3n) is 2.09. The van der Waals surface area contributed by atoms with E-state index in [2.05, 4.69) is 10.3 Å². The maximum Gasteiger partial charge on any atom is 0.133 e. The zero-order valence-corrected chi connectivity index (χ0v) is 7.92. The van der Waals surface area contributed by atoms with E-state index >= 15 is 0 Å². The number of nitrogens with zero attached hydrogens (tertiary/aromatic N) is 1. The number of rotatable bonds is 1. The highest BCUT2D eigenvalue weighted by molar-refractivity contribution is 6.30. The first-order chi connectivity index (χ1) is 6.38. The van der Waals surface area contributed by atoms with E-state index in [1.165, 1.54) is 0 Å². The average molecular weight is 199 g/mol. The van der Waals surface area contributed by atoms with E-state index in [-0.39, 0.29) is 6.04 Å². The first-order valence-electron chi connectivity index (χ1n) is 4.29. The average Bonchev–Trinajstić information content (AvgIpc) is 2.20. The van der Waals surface area contributed by atoms with Gasteiger partial charge >= 0.3 is 0 Å². The van der Waals surface area contributed by atoms with E-state index in [9.17, 15) is 0 Å². The lowest BCUT2D eigenvalue weighted by atomic mass is 10.1. The second-order valence-electron chi connectivity index (χ2n) is 2.97. The van der Waals surface area contributed by atoms with Crippen molar-refractivity contribution in [2.45, 2.75) is 6.04 Å². The smallest absolute Gasteiger partial charge is 0.133 e. The van der Waals surface area contributed by atoms with Gasteiger partial charge in [-0.3, -0.25) is 0 Å². The van der Waals surface area contributed by atoms with Gasteiger partial charge in [-0.1, -0.05) is 17.7 Å². The van der Waals surface area contributed by atoms with E-state index in [0.717, 1.165) is 18.7 Å². The Labute approximate surface area is 82.1 Å². The van der Waals surface area contributed by atoms with Crippen LogP contribution in [-0.4, -0.2) is 24.7 Å². The third-order valence-corrected chi connectivity index (χ3v) is 2.40. The van der Waals surface area contributed by atoms with E-state index in [1.54, 1.807) is 6.20 Å². The molecular formula is C9H11ClN2O. The predicted molar refractivity (Wildman–Crippen MR) is 50.8 cm³/mol. The van der Waals surface area contributed by atoms with Gasteiger partial charge in [-0.15, -0.1) is 0 Å². The van der Waals surface area contributed by atoms with Gasteiger partial charge in [-0.05, 0) is 6.07 Å². The molecule has 2 heterocycles. The number of hydrogen-bond donors (Lipinski definition) is 1. The summed E-state index contributed by atoms with van der Waals surface area (Å²) in [4.78, 5) is 4.02. The Morgan fingerprint density at radius 2 is 2.54 bits per heavy atom. The predicted octanol–water partition coefficient (Wildman–Crippen LogP) is 1.40. The summed E-state index contributed by atoms with van der Waals surface area (Å²) in [6.45, 7) is 2.32. The number of pyridine rings is 1. The number of ether oxygens (including phenoxy) is 1. The molecule has 0 unspecified atom stereocenters. The third kappa shape index (κ3) is 1.99. The van der Waals surface area contributed by atoms with Crippen molar-refractivity contribution in [3.63, 3.8) is 0 Å². The topological polar surface area (TPSA) is 34.1 Å². The molecule has 4 heteroatoms. The van der Waals surface area contributed by atoms with Crippen molar-refractivity contribution in [1.29, 1.82) is 0 Å². The van der Waals surface area contributed by atoms with Crippen LogP contribution in [0, 0.1) is 0 Å². The number of halogens is 1. The normalized spacial score (nSPS) is 23.0. The van der Waals surface area contributed by atoms with Crippen LogP contribution in [0.4, 0.5) is 0 Å². The van der Waals surface area contributed by atoms with Crippen LogP contribution < -0.4 is 5.32 Å². The molecule has 1 aromatic heterocycles. The van der Waals surface area contributed by atoms with Crippen molar-refractivity contribution in [2.24, 2.45) is 0 Å². The maximum atomic E-state index is 5.95. The molecule has 1 atom stereocenters. The Balaban J connectivity index is 2.18. The monoisotopic (exact) mass is 198 g/mol.